The Morgan fingerprint density at radius 3 is 2.67 bits per heavy atom. The Hall–Kier alpha value is -2.18. The number of anilines is 1. The first kappa shape index (κ1) is 15.2. The van der Waals surface area contributed by atoms with E-state index in [1.54, 1.807) is 6.92 Å². The number of nitrogens with two attached hydrogens (primary N) is 2. The molecule has 0 fully saturated rings. The molecule has 0 bridgehead atoms. The predicted molar refractivity (Wildman–Crippen MR) is 81.7 cm³/mol. The van der Waals surface area contributed by atoms with Crippen molar-refractivity contribution in [2.24, 2.45) is 5.84 Å². The number of hydrogen-bond donors (Lipinski definition) is 3. The van der Waals surface area contributed by atoms with Crippen LogP contribution in [0.4, 0.5) is 5.95 Å². The highest BCUT2D eigenvalue weighted by Crippen LogP contribution is 2.19. The van der Waals surface area contributed by atoms with Crippen molar-refractivity contribution in [2.75, 3.05) is 5.73 Å². The maximum atomic E-state index is 11.9. The predicted octanol–water partition coefficient (Wildman–Crippen LogP) is 1.41. The number of hydrazine groups is 1. The van der Waals surface area contributed by atoms with E-state index in [9.17, 15) is 4.79 Å². The van der Waals surface area contributed by atoms with Crippen LogP contribution in [0.25, 0.3) is 0 Å². The molecule has 5 N–H and O–H groups in total. The Balaban J connectivity index is 2.31. The van der Waals surface area contributed by atoms with Gasteiger partial charge in [-0.2, -0.15) is 0 Å². The number of aryl methyl sites for hydroxylation is 3. The third-order valence-corrected chi connectivity index (χ3v) is 3.50. The van der Waals surface area contributed by atoms with Crippen LogP contribution in [0.3, 0.4) is 0 Å². The van der Waals surface area contributed by atoms with Crippen LogP contribution in [-0.4, -0.2) is 15.9 Å². The van der Waals surface area contributed by atoms with Crippen molar-refractivity contribution in [3.63, 3.8) is 0 Å². The van der Waals surface area contributed by atoms with Gasteiger partial charge in [-0.3, -0.25) is 10.2 Å². The van der Waals surface area contributed by atoms with E-state index in [4.69, 9.17) is 23.2 Å². The molecule has 1 aromatic heterocycles. The summed E-state index contributed by atoms with van der Waals surface area (Å²) in [6, 6.07) is 7.53. The Bertz CT molecular complexity index is 674. The molecule has 2 rings (SSSR count). The van der Waals surface area contributed by atoms with Crippen LogP contribution in [0.1, 0.15) is 27.3 Å². The molecule has 0 radical (unpaired) electrons. The zero-order chi connectivity index (χ0) is 15.4. The van der Waals surface area contributed by atoms with Crippen LogP contribution < -0.4 is 17.0 Å². The van der Waals surface area contributed by atoms with Crippen LogP contribution >= 0.6 is 11.6 Å². The second-order valence-corrected chi connectivity index (χ2v) is 4.96. The van der Waals surface area contributed by atoms with Gasteiger partial charge in [0, 0.05) is 5.02 Å². The van der Waals surface area contributed by atoms with Crippen molar-refractivity contribution in [3.8, 4) is 0 Å². The van der Waals surface area contributed by atoms with E-state index in [1.807, 2.05) is 24.3 Å². The van der Waals surface area contributed by atoms with E-state index < -0.39 is 5.91 Å². The minimum Gasteiger partial charge on any atom is -0.368 e. The fourth-order valence-corrected chi connectivity index (χ4v) is 2.39. The Morgan fingerprint density at radius 1 is 1.29 bits per heavy atom. The lowest BCUT2D eigenvalue weighted by Crippen LogP contribution is -2.32. The summed E-state index contributed by atoms with van der Waals surface area (Å²) in [5, 5.41) is 0.682. The second kappa shape index (κ2) is 6.51. The minimum atomic E-state index is -0.429. The third kappa shape index (κ3) is 3.48. The van der Waals surface area contributed by atoms with E-state index in [0.717, 1.165) is 5.56 Å². The van der Waals surface area contributed by atoms with E-state index in [2.05, 4.69) is 15.4 Å². The van der Waals surface area contributed by atoms with Crippen molar-refractivity contribution in [1.82, 2.24) is 15.4 Å². The average Bonchev–Trinajstić information content (AvgIpc) is 2.45. The zero-order valence-electron chi connectivity index (χ0n) is 11.6. The number of aromatic nitrogens is 2. The van der Waals surface area contributed by atoms with Crippen LogP contribution in [0, 0.1) is 6.92 Å². The van der Waals surface area contributed by atoms with Gasteiger partial charge in [-0.1, -0.05) is 29.8 Å². The largest absolute Gasteiger partial charge is 0.368 e. The highest BCUT2D eigenvalue weighted by molar-refractivity contribution is 6.31. The van der Waals surface area contributed by atoms with Crippen LogP contribution in [0.5, 0.6) is 0 Å². The number of nitrogens with one attached hydrogen (secondary N) is 1. The van der Waals surface area contributed by atoms with E-state index in [1.165, 1.54) is 0 Å². The number of benzene rings is 1. The topological polar surface area (TPSA) is 107 Å². The van der Waals surface area contributed by atoms with E-state index in [-0.39, 0.29) is 5.95 Å². The van der Waals surface area contributed by atoms with Gasteiger partial charge in [-0.25, -0.2) is 15.8 Å². The highest BCUT2D eigenvalue weighted by Gasteiger charge is 2.17. The molecule has 0 saturated carbocycles. The number of amides is 1. The molecule has 1 amide bonds. The van der Waals surface area contributed by atoms with Gasteiger partial charge < -0.3 is 5.73 Å². The normalized spacial score (nSPS) is 10.4. The number of halogens is 1. The molecule has 0 atom stereocenters. The van der Waals surface area contributed by atoms with Gasteiger partial charge in [-0.15, -0.1) is 0 Å². The fraction of sp³-hybridized carbons (Fsp3) is 0.214. The van der Waals surface area contributed by atoms with E-state index >= 15 is 0 Å². The van der Waals surface area contributed by atoms with Crippen LogP contribution in [0.2, 0.25) is 5.02 Å². The van der Waals surface area contributed by atoms with Gasteiger partial charge in [-0.05, 0) is 31.4 Å². The summed E-state index contributed by atoms with van der Waals surface area (Å²) in [5.74, 6) is 4.91. The van der Waals surface area contributed by atoms with Crippen LogP contribution in [-0.2, 0) is 12.8 Å². The monoisotopic (exact) mass is 305 g/mol. The molecular weight excluding hydrogens is 290 g/mol. The van der Waals surface area contributed by atoms with Crippen molar-refractivity contribution in [1.29, 1.82) is 0 Å². The fourth-order valence-electron chi connectivity index (χ4n) is 2.16. The molecule has 1 aromatic carbocycles. The number of carbonyl (C=O) groups is 1. The van der Waals surface area contributed by atoms with Gasteiger partial charge in [0.05, 0.1) is 17.0 Å². The molecule has 0 aliphatic rings. The molecule has 0 aliphatic carbocycles. The van der Waals surface area contributed by atoms with Crippen molar-refractivity contribution >= 4 is 23.5 Å². The summed E-state index contributed by atoms with van der Waals surface area (Å²) in [6.07, 6.45) is 1.15. The first-order valence-electron chi connectivity index (χ1n) is 6.40. The molecule has 7 heteroatoms. The Labute approximate surface area is 127 Å². The van der Waals surface area contributed by atoms with Gasteiger partial charge in [0.2, 0.25) is 5.95 Å². The minimum absolute atomic E-state index is 0.134. The SMILES string of the molecule is Cc1nc(N)nc(CCc2ccccc2Cl)c1C(=O)NN. The summed E-state index contributed by atoms with van der Waals surface area (Å²) in [5.41, 5.74) is 10.2. The lowest BCUT2D eigenvalue weighted by atomic mass is 10.0. The summed E-state index contributed by atoms with van der Waals surface area (Å²) < 4.78 is 0. The second-order valence-electron chi connectivity index (χ2n) is 4.55. The molecular formula is C14H16ClN5O. The number of hydrogen-bond acceptors (Lipinski definition) is 5. The molecule has 0 saturated heterocycles. The van der Waals surface area contributed by atoms with Crippen molar-refractivity contribution in [2.45, 2.75) is 19.8 Å². The standard InChI is InChI=1S/C14H16ClN5O/c1-8-12(13(21)20-17)11(19-14(16)18-8)7-6-9-4-2-3-5-10(9)15/h2-5H,6-7,17H2,1H3,(H,20,21)(H2,16,18,19). The number of nitrogens with zero attached hydrogens (tertiary/aromatic N) is 2. The van der Waals surface area contributed by atoms with E-state index in [0.29, 0.717) is 34.8 Å². The van der Waals surface area contributed by atoms with Gasteiger partial charge >= 0.3 is 0 Å². The first-order valence-corrected chi connectivity index (χ1v) is 6.78. The van der Waals surface area contributed by atoms with Crippen molar-refractivity contribution in [3.05, 3.63) is 51.8 Å². The summed E-state index contributed by atoms with van der Waals surface area (Å²) in [7, 11) is 0. The summed E-state index contributed by atoms with van der Waals surface area (Å²) in [4.78, 5) is 20.0. The smallest absolute Gasteiger partial charge is 0.268 e. The zero-order valence-corrected chi connectivity index (χ0v) is 12.3. The number of rotatable bonds is 4. The number of nitrogen functional groups attached to an aromatic ring is 2. The van der Waals surface area contributed by atoms with Gasteiger partial charge in [0.1, 0.15) is 0 Å². The van der Waals surface area contributed by atoms with Gasteiger partial charge in [0.25, 0.3) is 5.91 Å². The Morgan fingerprint density at radius 2 is 2.00 bits per heavy atom. The maximum Gasteiger partial charge on any atom is 0.268 e. The lowest BCUT2D eigenvalue weighted by molar-refractivity contribution is 0.0951. The average molecular weight is 306 g/mol. The molecule has 0 unspecified atom stereocenters. The Kier molecular flexibility index (Phi) is 4.72. The summed E-state index contributed by atoms with van der Waals surface area (Å²) >= 11 is 6.13. The molecule has 6 nitrogen and oxygen atoms in total. The molecule has 2 aromatic rings. The molecule has 1 heterocycles. The summed E-state index contributed by atoms with van der Waals surface area (Å²) in [6.45, 7) is 1.70. The van der Waals surface area contributed by atoms with Gasteiger partial charge in [0.15, 0.2) is 0 Å². The molecule has 110 valence electrons. The van der Waals surface area contributed by atoms with Crippen LogP contribution in [0.15, 0.2) is 24.3 Å². The first-order chi connectivity index (χ1) is 10.0. The highest BCUT2D eigenvalue weighted by atomic mass is 35.5. The lowest BCUT2D eigenvalue weighted by Gasteiger charge is -2.11. The maximum absolute atomic E-state index is 11.9. The number of carbonyl (C=O) groups excluding carboxylic acids is 1. The molecule has 0 spiro atoms. The van der Waals surface area contributed by atoms with Crippen molar-refractivity contribution < 1.29 is 4.79 Å². The third-order valence-electron chi connectivity index (χ3n) is 3.13. The molecule has 0 aliphatic heterocycles. The quantitative estimate of drug-likeness (QED) is 0.450. The molecule has 21 heavy (non-hydrogen) atoms.